The SMILES string of the molecule is CO[C@@H]1C=CC2=NC(C)=C(CC#N)C2=C1. The van der Waals surface area contributed by atoms with Crippen molar-refractivity contribution in [3.05, 3.63) is 35.1 Å². The van der Waals surface area contributed by atoms with Gasteiger partial charge in [0.2, 0.25) is 0 Å². The summed E-state index contributed by atoms with van der Waals surface area (Å²) >= 11 is 0. The fourth-order valence-corrected chi connectivity index (χ4v) is 1.83. The zero-order chi connectivity index (χ0) is 10.8. The highest BCUT2D eigenvalue weighted by atomic mass is 16.5. The van der Waals surface area contributed by atoms with Crippen molar-refractivity contribution in [3.8, 4) is 6.07 Å². The van der Waals surface area contributed by atoms with E-state index in [4.69, 9.17) is 10.00 Å². The average Bonchev–Trinajstić information content (AvgIpc) is 2.55. The van der Waals surface area contributed by atoms with Crippen molar-refractivity contribution in [1.29, 1.82) is 5.26 Å². The Bertz CT molecular complexity index is 447. The van der Waals surface area contributed by atoms with Crippen LogP contribution in [0.4, 0.5) is 0 Å². The fourth-order valence-electron chi connectivity index (χ4n) is 1.83. The molecule has 0 amide bonds. The fraction of sp³-hybridized carbons (Fsp3) is 0.333. The molecule has 0 N–H and O–H groups in total. The summed E-state index contributed by atoms with van der Waals surface area (Å²) < 4.78 is 5.24. The first-order valence-electron chi connectivity index (χ1n) is 4.85. The molecule has 76 valence electrons. The number of ether oxygens (including phenoxy) is 1. The van der Waals surface area contributed by atoms with Gasteiger partial charge in [0.1, 0.15) is 0 Å². The molecule has 15 heavy (non-hydrogen) atoms. The Morgan fingerprint density at radius 1 is 1.60 bits per heavy atom. The first-order chi connectivity index (χ1) is 7.26. The zero-order valence-electron chi connectivity index (χ0n) is 8.82. The van der Waals surface area contributed by atoms with Crippen LogP contribution in [0.15, 0.2) is 40.1 Å². The quantitative estimate of drug-likeness (QED) is 0.685. The van der Waals surface area contributed by atoms with Gasteiger partial charge in [0, 0.05) is 18.4 Å². The van der Waals surface area contributed by atoms with Crippen molar-refractivity contribution in [3.63, 3.8) is 0 Å². The molecule has 1 aliphatic carbocycles. The van der Waals surface area contributed by atoms with Gasteiger partial charge in [0.15, 0.2) is 0 Å². The maximum atomic E-state index is 8.75. The summed E-state index contributed by atoms with van der Waals surface area (Å²) in [5.41, 5.74) is 3.98. The van der Waals surface area contributed by atoms with Gasteiger partial charge in [-0.25, -0.2) is 0 Å². The molecule has 2 rings (SSSR count). The van der Waals surface area contributed by atoms with Gasteiger partial charge in [-0.3, -0.25) is 4.99 Å². The lowest BCUT2D eigenvalue weighted by atomic mass is 9.95. The van der Waals surface area contributed by atoms with Crippen LogP contribution >= 0.6 is 0 Å². The minimum Gasteiger partial charge on any atom is -0.373 e. The van der Waals surface area contributed by atoms with Crippen molar-refractivity contribution in [2.45, 2.75) is 19.4 Å². The summed E-state index contributed by atoms with van der Waals surface area (Å²) in [6.07, 6.45) is 6.35. The van der Waals surface area contributed by atoms with E-state index in [1.54, 1.807) is 7.11 Å². The van der Waals surface area contributed by atoms with E-state index >= 15 is 0 Å². The van der Waals surface area contributed by atoms with Gasteiger partial charge in [-0.2, -0.15) is 5.26 Å². The largest absolute Gasteiger partial charge is 0.373 e. The summed E-state index contributed by atoms with van der Waals surface area (Å²) in [5, 5.41) is 8.75. The maximum Gasteiger partial charge on any atom is 0.0947 e. The number of nitrogens with zero attached hydrogens (tertiary/aromatic N) is 2. The van der Waals surface area contributed by atoms with Crippen molar-refractivity contribution < 1.29 is 4.74 Å². The van der Waals surface area contributed by atoms with E-state index < -0.39 is 0 Å². The monoisotopic (exact) mass is 200 g/mol. The van der Waals surface area contributed by atoms with Crippen LogP contribution in [-0.2, 0) is 4.74 Å². The standard InChI is InChI=1S/C12H12N2O/c1-8-10(5-6-13)11-7-9(15-2)3-4-12(11)14-8/h3-4,7,9H,5H2,1-2H3/t9-/m1/s1. The molecule has 0 saturated carbocycles. The second-order valence-electron chi connectivity index (χ2n) is 3.54. The molecule has 0 aromatic heterocycles. The third-order valence-corrected chi connectivity index (χ3v) is 2.63. The molecule has 0 fully saturated rings. The predicted molar refractivity (Wildman–Crippen MR) is 58.4 cm³/mol. The predicted octanol–water partition coefficient (Wildman–Crippen LogP) is 2.14. The molecule has 1 atom stereocenters. The van der Waals surface area contributed by atoms with E-state index in [0.29, 0.717) is 6.42 Å². The highest BCUT2D eigenvalue weighted by Gasteiger charge is 2.23. The van der Waals surface area contributed by atoms with Gasteiger partial charge in [-0.05, 0) is 30.7 Å². The zero-order valence-corrected chi connectivity index (χ0v) is 8.82. The minimum atomic E-state index is -0.00135. The lowest BCUT2D eigenvalue weighted by Crippen LogP contribution is -2.12. The Labute approximate surface area is 89.1 Å². The second-order valence-corrected chi connectivity index (χ2v) is 3.54. The van der Waals surface area contributed by atoms with Gasteiger partial charge in [0.05, 0.1) is 24.3 Å². The van der Waals surface area contributed by atoms with Gasteiger partial charge < -0.3 is 4.74 Å². The van der Waals surface area contributed by atoms with Crippen LogP contribution in [0.5, 0.6) is 0 Å². The first kappa shape index (κ1) is 9.88. The topological polar surface area (TPSA) is 45.4 Å². The van der Waals surface area contributed by atoms with Crippen LogP contribution in [0.2, 0.25) is 0 Å². The Morgan fingerprint density at radius 2 is 2.40 bits per heavy atom. The Morgan fingerprint density at radius 3 is 3.07 bits per heavy atom. The lowest BCUT2D eigenvalue weighted by molar-refractivity contribution is 0.177. The van der Waals surface area contributed by atoms with Crippen molar-refractivity contribution >= 4 is 5.71 Å². The minimum absolute atomic E-state index is 0.00135. The van der Waals surface area contributed by atoms with Gasteiger partial charge in [0.25, 0.3) is 0 Å². The normalized spacial score (nSPS) is 23.4. The third kappa shape index (κ3) is 1.64. The van der Waals surface area contributed by atoms with E-state index in [1.807, 2.05) is 25.2 Å². The number of allylic oxidation sites excluding steroid dienone is 4. The molecule has 0 spiro atoms. The van der Waals surface area contributed by atoms with Crippen molar-refractivity contribution in [2.24, 2.45) is 4.99 Å². The van der Waals surface area contributed by atoms with Crippen molar-refractivity contribution in [2.75, 3.05) is 7.11 Å². The summed E-state index contributed by atoms with van der Waals surface area (Å²) in [6.45, 7) is 1.94. The van der Waals surface area contributed by atoms with Crippen molar-refractivity contribution in [1.82, 2.24) is 0 Å². The van der Waals surface area contributed by atoms with E-state index in [9.17, 15) is 0 Å². The maximum absolute atomic E-state index is 8.75. The Hall–Kier alpha value is -1.66. The smallest absolute Gasteiger partial charge is 0.0947 e. The molecule has 3 heteroatoms. The molecule has 0 aromatic rings. The molecule has 0 aromatic carbocycles. The molecular weight excluding hydrogens is 188 g/mol. The van der Waals surface area contributed by atoms with Crippen LogP contribution in [0.1, 0.15) is 13.3 Å². The summed E-state index contributed by atoms with van der Waals surface area (Å²) in [7, 11) is 1.67. The van der Waals surface area contributed by atoms with Crippen LogP contribution in [0.3, 0.4) is 0 Å². The van der Waals surface area contributed by atoms with E-state index in [1.165, 1.54) is 0 Å². The van der Waals surface area contributed by atoms with Gasteiger partial charge in [-0.15, -0.1) is 0 Å². The Balaban J connectivity index is 2.36. The number of aliphatic imine (C=N–C) groups is 1. The summed E-state index contributed by atoms with van der Waals surface area (Å²) in [4.78, 5) is 4.41. The molecular formula is C12H12N2O. The summed E-state index contributed by atoms with van der Waals surface area (Å²) in [5.74, 6) is 0. The van der Waals surface area contributed by atoms with Gasteiger partial charge in [-0.1, -0.05) is 0 Å². The second kappa shape index (κ2) is 3.84. The average molecular weight is 200 g/mol. The molecule has 0 radical (unpaired) electrons. The highest BCUT2D eigenvalue weighted by molar-refractivity contribution is 6.15. The molecule has 1 heterocycles. The van der Waals surface area contributed by atoms with E-state index in [0.717, 1.165) is 22.6 Å². The van der Waals surface area contributed by atoms with Crippen LogP contribution in [0, 0.1) is 11.3 Å². The van der Waals surface area contributed by atoms with Crippen LogP contribution < -0.4 is 0 Å². The molecule has 0 bridgehead atoms. The lowest BCUT2D eigenvalue weighted by Gasteiger charge is -2.14. The number of methoxy groups -OCH3 is 1. The number of hydrogen-bond donors (Lipinski definition) is 0. The highest BCUT2D eigenvalue weighted by Crippen LogP contribution is 2.30. The molecule has 0 saturated heterocycles. The van der Waals surface area contributed by atoms with Crippen LogP contribution in [0.25, 0.3) is 0 Å². The number of nitriles is 1. The molecule has 3 nitrogen and oxygen atoms in total. The van der Waals surface area contributed by atoms with Crippen LogP contribution in [-0.4, -0.2) is 18.9 Å². The molecule has 0 unspecified atom stereocenters. The Kier molecular flexibility index (Phi) is 2.53. The van der Waals surface area contributed by atoms with Gasteiger partial charge >= 0.3 is 0 Å². The number of fused-ring (bicyclic) bond motifs is 1. The van der Waals surface area contributed by atoms with E-state index in [2.05, 4.69) is 11.1 Å². The number of rotatable bonds is 2. The first-order valence-corrected chi connectivity index (χ1v) is 4.85. The third-order valence-electron chi connectivity index (χ3n) is 2.63. The molecule has 1 aliphatic heterocycles. The number of hydrogen-bond acceptors (Lipinski definition) is 3. The molecule has 2 aliphatic rings. The van der Waals surface area contributed by atoms with E-state index in [-0.39, 0.29) is 6.10 Å². The summed E-state index contributed by atoms with van der Waals surface area (Å²) in [6, 6.07) is 2.17.